The van der Waals surface area contributed by atoms with Gasteiger partial charge in [0.25, 0.3) is 11.8 Å². The summed E-state index contributed by atoms with van der Waals surface area (Å²) < 4.78 is 2.01. The largest absolute Gasteiger partial charge is 0.337 e. The number of carbonyl (C=O) groups excluding carboxylic acids is 2. The van der Waals surface area contributed by atoms with Gasteiger partial charge < -0.3 is 14.4 Å². The maximum Gasteiger partial charge on any atom is 0.274 e. The molecule has 0 radical (unpaired) electrons. The third-order valence-corrected chi connectivity index (χ3v) is 5.54. The predicted molar refractivity (Wildman–Crippen MR) is 101 cm³/mol. The van der Waals surface area contributed by atoms with Gasteiger partial charge in [0.15, 0.2) is 0 Å². The number of aromatic amines is 1. The fourth-order valence-electron chi connectivity index (χ4n) is 3.97. The Hall–Kier alpha value is -3.23. The average Bonchev–Trinajstić information content (AvgIpc) is 3.45. The van der Waals surface area contributed by atoms with E-state index < -0.39 is 0 Å². The minimum atomic E-state index is -0.0241. The van der Waals surface area contributed by atoms with Crippen LogP contribution in [0.2, 0.25) is 0 Å². The number of imidazole rings is 1. The van der Waals surface area contributed by atoms with Crippen molar-refractivity contribution in [2.24, 2.45) is 0 Å². The van der Waals surface area contributed by atoms with Crippen molar-refractivity contribution in [2.45, 2.75) is 25.8 Å². The van der Waals surface area contributed by atoms with Crippen LogP contribution in [0.25, 0.3) is 11.0 Å². The number of likely N-dealkylation sites (tertiary alicyclic amines) is 1. The van der Waals surface area contributed by atoms with E-state index in [9.17, 15) is 9.59 Å². The number of nitrogens with one attached hydrogen (secondary N) is 1. The van der Waals surface area contributed by atoms with Gasteiger partial charge in [0.05, 0.1) is 0 Å². The van der Waals surface area contributed by atoms with Gasteiger partial charge in [-0.25, -0.2) is 4.98 Å². The Morgan fingerprint density at radius 3 is 2.54 bits per heavy atom. The second-order valence-corrected chi connectivity index (χ2v) is 7.30. The van der Waals surface area contributed by atoms with E-state index in [1.807, 2.05) is 20.6 Å². The molecule has 9 nitrogen and oxygen atoms in total. The highest BCUT2D eigenvalue weighted by atomic mass is 16.2. The van der Waals surface area contributed by atoms with Crippen LogP contribution in [0.15, 0.2) is 24.4 Å². The zero-order valence-corrected chi connectivity index (χ0v) is 15.5. The minimum absolute atomic E-state index is 0.0203. The molecule has 0 spiro atoms. The highest BCUT2D eigenvalue weighted by molar-refractivity contribution is 5.97. The molecular formula is C19H21N7O2. The van der Waals surface area contributed by atoms with Crippen LogP contribution in [-0.2, 0) is 13.0 Å². The molecule has 1 fully saturated rings. The Kier molecular flexibility index (Phi) is 4.07. The third kappa shape index (κ3) is 2.92. The number of amides is 2. The predicted octanol–water partition coefficient (Wildman–Crippen LogP) is 1.09. The van der Waals surface area contributed by atoms with Gasteiger partial charge in [-0.3, -0.25) is 9.59 Å². The molecule has 9 heteroatoms. The van der Waals surface area contributed by atoms with Crippen LogP contribution in [0, 0.1) is 0 Å². The first-order valence-corrected chi connectivity index (χ1v) is 9.64. The summed E-state index contributed by atoms with van der Waals surface area (Å²) in [5.74, 6) is 0.862. The van der Waals surface area contributed by atoms with Crippen LogP contribution in [0.3, 0.4) is 0 Å². The molecule has 4 heterocycles. The summed E-state index contributed by atoms with van der Waals surface area (Å²) in [5.41, 5.74) is 2.54. The molecule has 2 aliphatic heterocycles. The lowest BCUT2D eigenvalue weighted by molar-refractivity contribution is 0.0754. The standard InChI is InChI=1S/C19H21N7O2/c27-18(13-3-4-14-15(11-13)22-23-21-14)25-8-5-17-20-16(12-26(17)10-9-25)19(28)24-6-1-2-7-24/h3-4,11-12H,1-2,5-10H2,(H,21,22,23). The molecule has 28 heavy (non-hydrogen) atoms. The first-order valence-electron chi connectivity index (χ1n) is 9.64. The summed E-state index contributed by atoms with van der Waals surface area (Å²) in [6.07, 6.45) is 4.60. The number of H-pyrrole nitrogens is 1. The second-order valence-electron chi connectivity index (χ2n) is 7.30. The topological polar surface area (TPSA) is 100 Å². The van der Waals surface area contributed by atoms with E-state index in [1.54, 1.807) is 18.2 Å². The number of hydrogen-bond donors (Lipinski definition) is 1. The molecule has 1 aromatic carbocycles. The lowest BCUT2D eigenvalue weighted by Crippen LogP contribution is -2.33. The van der Waals surface area contributed by atoms with Gasteiger partial charge in [0.2, 0.25) is 0 Å². The van der Waals surface area contributed by atoms with Crippen LogP contribution in [0.4, 0.5) is 0 Å². The van der Waals surface area contributed by atoms with E-state index >= 15 is 0 Å². The van der Waals surface area contributed by atoms with Crippen molar-refractivity contribution in [2.75, 3.05) is 26.2 Å². The minimum Gasteiger partial charge on any atom is -0.337 e. The molecule has 144 valence electrons. The summed E-state index contributed by atoms with van der Waals surface area (Å²) in [5, 5.41) is 10.6. The molecule has 0 atom stereocenters. The summed E-state index contributed by atoms with van der Waals surface area (Å²) in [4.78, 5) is 33.8. The molecule has 5 rings (SSSR count). The molecule has 2 aliphatic rings. The number of fused-ring (bicyclic) bond motifs is 2. The summed E-state index contributed by atoms with van der Waals surface area (Å²) in [7, 11) is 0. The van der Waals surface area contributed by atoms with Gasteiger partial charge in [-0.15, -0.1) is 0 Å². The highest BCUT2D eigenvalue weighted by Gasteiger charge is 2.25. The van der Waals surface area contributed by atoms with Crippen molar-refractivity contribution in [3.63, 3.8) is 0 Å². The Morgan fingerprint density at radius 2 is 1.68 bits per heavy atom. The van der Waals surface area contributed by atoms with Crippen LogP contribution < -0.4 is 0 Å². The summed E-state index contributed by atoms with van der Waals surface area (Å²) >= 11 is 0. The average molecular weight is 379 g/mol. The molecule has 2 aromatic heterocycles. The van der Waals surface area contributed by atoms with E-state index in [0.29, 0.717) is 42.8 Å². The normalized spacial score (nSPS) is 17.0. The molecule has 1 saturated heterocycles. The SMILES string of the molecule is O=C(c1ccc2n[nH]nc2c1)N1CCc2nc(C(=O)N3CCCC3)cn2CC1. The number of nitrogens with zero attached hydrogens (tertiary/aromatic N) is 6. The summed E-state index contributed by atoms with van der Waals surface area (Å²) in [6.45, 7) is 3.42. The highest BCUT2D eigenvalue weighted by Crippen LogP contribution is 2.17. The van der Waals surface area contributed by atoms with E-state index in [2.05, 4.69) is 20.4 Å². The number of hydrogen-bond acceptors (Lipinski definition) is 5. The smallest absolute Gasteiger partial charge is 0.274 e. The van der Waals surface area contributed by atoms with Crippen LogP contribution >= 0.6 is 0 Å². The number of rotatable bonds is 2. The Balaban J connectivity index is 1.30. The quantitative estimate of drug-likeness (QED) is 0.718. The van der Waals surface area contributed by atoms with Gasteiger partial charge in [-0.2, -0.15) is 15.4 Å². The van der Waals surface area contributed by atoms with E-state index in [1.165, 1.54) is 0 Å². The zero-order valence-electron chi connectivity index (χ0n) is 15.5. The third-order valence-electron chi connectivity index (χ3n) is 5.54. The maximum absolute atomic E-state index is 12.9. The monoisotopic (exact) mass is 379 g/mol. The number of benzene rings is 1. The van der Waals surface area contributed by atoms with Crippen LogP contribution in [0.1, 0.15) is 39.5 Å². The van der Waals surface area contributed by atoms with Crippen molar-refractivity contribution in [1.29, 1.82) is 0 Å². The van der Waals surface area contributed by atoms with Gasteiger partial charge in [0.1, 0.15) is 22.6 Å². The van der Waals surface area contributed by atoms with Crippen molar-refractivity contribution in [1.82, 2.24) is 34.8 Å². The van der Waals surface area contributed by atoms with Crippen LogP contribution in [-0.4, -0.2) is 72.8 Å². The molecular weight excluding hydrogens is 358 g/mol. The Bertz CT molecular complexity index is 1020. The zero-order chi connectivity index (χ0) is 19.1. The van der Waals surface area contributed by atoms with Crippen LogP contribution in [0.5, 0.6) is 0 Å². The fourth-order valence-corrected chi connectivity index (χ4v) is 3.97. The molecule has 3 aromatic rings. The maximum atomic E-state index is 12.9. The molecule has 0 saturated carbocycles. The lowest BCUT2D eigenvalue weighted by atomic mass is 10.1. The lowest BCUT2D eigenvalue weighted by Gasteiger charge is -2.20. The molecule has 0 bridgehead atoms. The van der Waals surface area contributed by atoms with Crippen molar-refractivity contribution < 1.29 is 9.59 Å². The first-order chi connectivity index (χ1) is 13.7. The van der Waals surface area contributed by atoms with Gasteiger partial charge in [-0.05, 0) is 31.0 Å². The number of carbonyl (C=O) groups is 2. The summed E-state index contributed by atoms with van der Waals surface area (Å²) in [6, 6.07) is 5.34. The van der Waals surface area contributed by atoms with Crippen molar-refractivity contribution in [3.8, 4) is 0 Å². The molecule has 0 aliphatic carbocycles. The van der Waals surface area contributed by atoms with Gasteiger partial charge in [0, 0.05) is 50.9 Å². The van der Waals surface area contributed by atoms with Crippen molar-refractivity contribution >= 4 is 22.8 Å². The first kappa shape index (κ1) is 16.9. The van der Waals surface area contributed by atoms with E-state index in [-0.39, 0.29) is 11.8 Å². The van der Waals surface area contributed by atoms with Crippen molar-refractivity contribution in [3.05, 3.63) is 41.5 Å². The van der Waals surface area contributed by atoms with Gasteiger partial charge in [-0.1, -0.05) is 0 Å². The molecule has 2 amide bonds. The van der Waals surface area contributed by atoms with E-state index in [4.69, 9.17) is 0 Å². The fraction of sp³-hybridized carbons (Fsp3) is 0.421. The Morgan fingerprint density at radius 1 is 0.893 bits per heavy atom. The van der Waals surface area contributed by atoms with Gasteiger partial charge >= 0.3 is 0 Å². The number of aromatic nitrogens is 5. The second kappa shape index (κ2) is 6.74. The molecule has 1 N–H and O–H groups in total. The van der Waals surface area contributed by atoms with E-state index in [0.717, 1.165) is 37.3 Å². The Labute approximate surface area is 161 Å². The molecule has 0 unspecified atom stereocenters.